The number of hydrogen-bond donors (Lipinski definition) is 0. The Morgan fingerprint density at radius 1 is 1.40 bits per heavy atom. The van der Waals surface area contributed by atoms with Crippen LogP contribution in [0.5, 0.6) is 0 Å². The molecule has 1 unspecified atom stereocenters. The zero-order valence-corrected chi connectivity index (χ0v) is 15.8. The van der Waals surface area contributed by atoms with Gasteiger partial charge in [0.1, 0.15) is 24.0 Å². The van der Waals surface area contributed by atoms with Gasteiger partial charge in [0.05, 0.1) is 6.54 Å². The fraction of sp³-hybridized carbons (Fsp3) is 0.556. The summed E-state index contributed by atoms with van der Waals surface area (Å²) in [4.78, 5) is 2.44. The predicted molar refractivity (Wildman–Crippen MR) is 98.6 cm³/mol. The number of methoxy groups -OCH3 is 1. The van der Waals surface area contributed by atoms with Crippen LogP contribution in [0.25, 0.3) is 0 Å². The van der Waals surface area contributed by atoms with Gasteiger partial charge >= 0.3 is 0 Å². The molecular weight excluding hydrogens is 336 g/mol. The molecule has 0 bridgehead atoms. The molecule has 0 radical (unpaired) electrons. The van der Waals surface area contributed by atoms with Crippen molar-refractivity contribution in [3.05, 3.63) is 42.1 Å². The number of thioether (sulfide) groups is 1. The van der Waals surface area contributed by atoms with E-state index < -0.39 is 0 Å². The molecule has 1 aliphatic heterocycles. The molecule has 0 aromatic carbocycles. The summed E-state index contributed by atoms with van der Waals surface area (Å²) < 4.78 is 13.1. The SMILES string of the molecule is C=CCSc1nnc(C2CCCN(Cc3ccc(COC)o3)C2)n1C. The van der Waals surface area contributed by atoms with Gasteiger partial charge in [-0.2, -0.15) is 0 Å². The zero-order valence-electron chi connectivity index (χ0n) is 15.0. The van der Waals surface area contributed by atoms with Gasteiger partial charge in [-0.3, -0.25) is 4.90 Å². The first-order valence-corrected chi connectivity index (χ1v) is 9.61. The molecule has 0 spiro atoms. The van der Waals surface area contributed by atoms with E-state index >= 15 is 0 Å². The third-order valence-electron chi connectivity index (χ3n) is 4.45. The van der Waals surface area contributed by atoms with E-state index in [1.165, 1.54) is 0 Å². The summed E-state index contributed by atoms with van der Waals surface area (Å²) in [6.45, 7) is 7.19. The number of rotatable bonds is 8. The molecular formula is C18H26N4O2S. The number of hydrogen-bond acceptors (Lipinski definition) is 6. The summed E-state index contributed by atoms with van der Waals surface area (Å²) in [5.74, 6) is 4.22. The molecule has 0 saturated carbocycles. The second-order valence-corrected chi connectivity index (χ2v) is 7.36. The number of aromatic nitrogens is 3. The van der Waals surface area contributed by atoms with Crippen molar-refractivity contribution in [2.75, 3.05) is 26.0 Å². The number of nitrogens with zero attached hydrogens (tertiary/aromatic N) is 4. The second-order valence-electron chi connectivity index (χ2n) is 6.37. The second kappa shape index (κ2) is 8.69. The minimum absolute atomic E-state index is 0.415. The van der Waals surface area contributed by atoms with Gasteiger partial charge < -0.3 is 13.7 Å². The first kappa shape index (κ1) is 18.2. The Kier molecular flexibility index (Phi) is 6.34. The fourth-order valence-corrected chi connectivity index (χ4v) is 3.95. The molecule has 6 nitrogen and oxygen atoms in total. The Morgan fingerprint density at radius 3 is 3.04 bits per heavy atom. The van der Waals surface area contributed by atoms with Gasteiger partial charge in [-0.1, -0.05) is 17.8 Å². The van der Waals surface area contributed by atoms with Crippen LogP contribution < -0.4 is 0 Å². The van der Waals surface area contributed by atoms with Gasteiger partial charge in [0.15, 0.2) is 5.16 Å². The molecule has 3 rings (SSSR count). The monoisotopic (exact) mass is 362 g/mol. The lowest BCUT2D eigenvalue weighted by molar-refractivity contribution is 0.153. The molecule has 25 heavy (non-hydrogen) atoms. The van der Waals surface area contributed by atoms with Crippen LogP contribution in [0.15, 0.2) is 34.4 Å². The first-order chi connectivity index (χ1) is 12.2. The smallest absolute Gasteiger partial charge is 0.191 e. The highest BCUT2D eigenvalue weighted by Crippen LogP contribution is 2.28. The lowest BCUT2D eigenvalue weighted by atomic mass is 9.97. The number of ether oxygens (including phenoxy) is 1. The van der Waals surface area contributed by atoms with Crippen LogP contribution in [0.4, 0.5) is 0 Å². The average Bonchev–Trinajstić information content (AvgIpc) is 3.20. The van der Waals surface area contributed by atoms with E-state index in [2.05, 4.69) is 33.3 Å². The van der Waals surface area contributed by atoms with E-state index in [0.29, 0.717) is 12.5 Å². The molecule has 7 heteroatoms. The normalized spacial score (nSPS) is 18.6. The van der Waals surface area contributed by atoms with Crippen molar-refractivity contribution < 1.29 is 9.15 Å². The van der Waals surface area contributed by atoms with Crippen LogP contribution in [0, 0.1) is 0 Å². The van der Waals surface area contributed by atoms with E-state index in [1.807, 2.05) is 18.2 Å². The molecule has 0 aliphatic carbocycles. The molecule has 1 saturated heterocycles. The van der Waals surface area contributed by atoms with Crippen molar-refractivity contribution in [2.24, 2.45) is 7.05 Å². The maximum absolute atomic E-state index is 5.83. The highest BCUT2D eigenvalue weighted by atomic mass is 32.2. The Bertz CT molecular complexity index is 697. The fourth-order valence-electron chi connectivity index (χ4n) is 3.30. The molecule has 1 atom stereocenters. The van der Waals surface area contributed by atoms with Crippen LogP contribution >= 0.6 is 11.8 Å². The van der Waals surface area contributed by atoms with Crippen molar-refractivity contribution in [1.29, 1.82) is 0 Å². The molecule has 0 N–H and O–H groups in total. The molecule has 0 amide bonds. The number of furan rings is 1. The van der Waals surface area contributed by atoms with E-state index in [-0.39, 0.29) is 0 Å². The zero-order chi connectivity index (χ0) is 17.6. The van der Waals surface area contributed by atoms with Gasteiger partial charge in [0.2, 0.25) is 0 Å². The van der Waals surface area contributed by atoms with Crippen LogP contribution in [0.2, 0.25) is 0 Å². The summed E-state index contributed by atoms with van der Waals surface area (Å²) in [5.41, 5.74) is 0. The molecule has 2 aromatic rings. The standard InChI is InChI=1S/C18H26N4O2S/c1-4-10-25-18-20-19-17(21(18)2)14-6-5-9-22(11-14)12-15-7-8-16(24-15)13-23-3/h4,7-8,14H,1,5-6,9-13H2,2-3H3. The van der Waals surface area contributed by atoms with Gasteiger partial charge in [0.25, 0.3) is 0 Å². The van der Waals surface area contributed by atoms with Crippen molar-refractivity contribution in [1.82, 2.24) is 19.7 Å². The van der Waals surface area contributed by atoms with Crippen LogP contribution in [0.3, 0.4) is 0 Å². The molecule has 1 aliphatic rings. The van der Waals surface area contributed by atoms with E-state index in [4.69, 9.17) is 9.15 Å². The topological polar surface area (TPSA) is 56.3 Å². The maximum Gasteiger partial charge on any atom is 0.191 e. The highest BCUT2D eigenvalue weighted by Gasteiger charge is 2.26. The molecule has 136 valence electrons. The Labute approximate surface area is 153 Å². The van der Waals surface area contributed by atoms with Crippen molar-refractivity contribution >= 4 is 11.8 Å². The van der Waals surface area contributed by atoms with Crippen molar-refractivity contribution in [2.45, 2.75) is 37.1 Å². The summed E-state index contributed by atoms with van der Waals surface area (Å²) in [6.07, 6.45) is 4.21. The van der Waals surface area contributed by atoms with Crippen molar-refractivity contribution in [3.8, 4) is 0 Å². The Hall–Kier alpha value is -1.57. The first-order valence-electron chi connectivity index (χ1n) is 8.63. The van der Waals surface area contributed by atoms with Crippen LogP contribution in [0.1, 0.15) is 36.1 Å². The molecule has 3 heterocycles. The minimum Gasteiger partial charge on any atom is -0.462 e. The largest absolute Gasteiger partial charge is 0.462 e. The van der Waals surface area contributed by atoms with Gasteiger partial charge in [-0.05, 0) is 31.5 Å². The predicted octanol–water partition coefficient (Wildman–Crippen LogP) is 3.21. The van der Waals surface area contributed by atoms with Crippen molar-refractivity contribution in [3.63, 3.8) is 0 Å². The van der Waals surface area contributed by atoms with Gasteiger partial charge in [-0.15, -0.1) is 16.8 Å². The minimum atomic E-state index is 0.415. The highest BCUT2D eigenvalue weighted by molar-refractivity contribution is 7.99. The number of likely N-dealkylation sites (tertiary alicyclic amines) is 1. The van der Waals surface area contributed by atoms with Gasteiger partial charge in [0, 0.05) is 32.4 Å². The third-order valence-corrected chi connectivity index (χ3v) is 5.47. The lowest BCUT2D eigenvalue weighted by Gasteiger charge is -2.31. The maximum atomic E-state index is 5.83. The summed E-state index contributed by atoms with van der Waals surface area (Å²) in [5, 5.41) is 9.75. The number of piperidine rings is 1. The van der Waals surface area contributed by atoms with Crippen LogP contribution in [-0.2, 0) is 24.9 Å². The molecule has 1 fully saturated rings. The molecule has 2 aromatic heterocycles. The Morgan fingerprint density at radius 2 is 2.24 bits per heavy atom. The summed E-state index contributed by atoms with van der Waals surface area (Å²) >= 11 is 1.67. The Balaban J connectivity index is 1.62. The van der Waals surface area contributed by atoms with E-state index in [0.717, 1.165) is 60.7 Å². The lowest BCUT2D eigenvalue weighted by Crippen LogP contribution is -2.34. The van der Waals surface area contributed by atoms with E-state index in [1.54, 1.807) is 18.9 Å². The average molecular weight is 362 g/mol. The summed E-state index contributed by atoms with van der Waals surface area (Å²) in [6, 6.07) is 4.04. The third kappa shape index (κ3) is 4.54. The summed E-state index contributed by atoms with van der Waals surface area (Å²) in [7, 11) is 3.74. The van der Waals surface area contributed by atoms with Gasteiger partial charge in [-0.25, -0.2) is 0 Å². The van der Waals surface area contributed by atoms with Crippen LogP contribution in [-0.4, -0.2) is 45.6 Å². The quantitative estimate of drug-likeness (QED) is 0.531. The van der Waals surface area contributed by atoms with E-state index in [9.17, 15) is 0 Å².